The summed E-state index contributed by atoms with van der Waals surface area (Å²) in [6.45, 7) is 1.44. The number of ketones is 1. The highest BCUT2D eigenvalue weighted by atomic mass is 32.1. The minimum Gasteiger partial charge on any atom is -0.332 e. The molecular weight excluding hydrogens is 321 g/mol. The van der Waals surface area contributed by atoms with Gasteiger partial charge in [0.25, 0.3) is 5.69 Å². The fourth-order valence-electron chi connectivity index (χ4n) is 1.86. The van der Waals surface area contributed by atoms with Gasteiger partial charge in [0.2, 0.25) is 0 Å². The average molecular weight is 333 g/mol. The number of halogens is 1. The van der Waals surface area contributed by atoms with E-state index in [1.165, 1.54) is 13.0 Å². The van der Waals surface area contributed by atoms with Crippen molar-refractivity contribution in [3.05, 3.63) is 64.0 Å². The van der Waals surface area contributed by atoms with Gasteiger partial charge in [-0.1, -0.05) is 12.1 Å². The Hall–Kier alpha value is -2.87. The highest BCUT2D eigenvalue weighted by Crippen LogP contribution is 2.25. The van der Waals surface area contributed by atoms with E-state index in [0.717, 1.165) is 12.1 Å². The largest absolute Gasteiger partial charge is 0.332 e. The Labute approximate surface area is 136 Å². The summed E-state index contributed by atoms with van der Waals surface area (Å²) in [5, 5.41) is 16.5. The predicted octanol–water partition coefficient (Wildman–Crippen LogP) is 3.75. The van der Waals surface area contributed by atoms with E-state index >= 15 is 0 Å². The second-order valence-corrected chi connectivity index (χ2v) is 5.04. The molecule has 0 aliphatic rings. The predicted molar refractivity (Wildman–Crippen MR) is 89.3 cm³/mol. The van der Waals surface area contributed by atoms with Crippen LogP contribution in [0.3, 0.4) is 0 Å². The summed E-state index contributed by atoms with van der Waals surface area (Å²) in [4.78, 5) is 21.6. The first-order valence-corrected chi connectivity index (χ1v) is 6.90. The molecule has 0 fully saturated rings. The fourth-order valence-corrected chi connectivity index (χ4v) is 2.09. The lowest BCUT2D eigenvalue weighted by Gasteiger charge is -2.11. The number of anilines is 2. The van der Waals surface area contributed by atoms with Gasteiger partial charge in [0.1, 0.15) is 11.5 Å². The first-order valence-electron chi connectivity index (χ1n) is 6.50. The van der Waals surface area contributed by atoms with E-state index < -0.39 is 16.4 Å². The number of benzene rings is 2. The molecule has 0 aromatic heterocycles. The summed E-state index contributed by atoms with van der Waals surface area (Å²) in [5.41, 5.74) is 0.703. The molecule has 0 radical (unpaired) electrons. The molecule has 0 heterocycles. The zero-order valence-corrected chi connectivity index (χ0v) is 12.8. The van der Waals surface area contributed by atoms with Gasteiger partial charge >= 0.3 is 0 Å². The van der Waals surface area contributed by atoms with Crippen LogP contribution in [-0.4, -0.2) is 15.8 Å². The van der Waals surface area contributed by atoms with Crippen LogP contribution in [0.4, 0.5) is 21.5 Å². The van der Waals surface area contributed by atoms with Crippen LogP contribution in [0.15, 0.2) is 42.5 Å². The van der Waals surface area contributed by atoms with Gasteiger partial charge < -0.3 is 10.6 Å². The molecule has 0 bridgehead atoms. The maximum absolute atomic E-state index is 13.1. The van der Waals surface area contributed by atoms with E-state index in [9.17, 15) is 19.3 Å². The SMILES string of the molecule is CC(=O)c1cccc(NC(=S)Nc2ccc(F)cc2[N+](=O)[O-])c1. The third-order valence-electron chi connectivity index (χ3n) is 2.93. The molecule has 0 saturated carbocycles. The van der Waals surface area contributed by atoms with E-state index in [1.807, 2.05) is 0 Å². The standard InChI is InChI=1S/C15H12FN3O3S/c1-9(20)10-3-2-4-12(7-10)17-15(23)18-13-6-5-11(16)8-14(13)19(21)22/h2-8H,1H3,(H2,17,18,23). The molecule has 23 heavy (non-hydrogen) atoms. The Kier molecular flexibility index (Phi) is 4.97. The van der Waals surface area contributed by atoms with Crippen molar-refractivity contribution in [2.24, 2.45) is 0 Å². The molecule has 0 unspecified atom stereocenters. The number of nitro groups is 1. The van der Waals surface area contributed by atoms with Crippen LogP contribution in [0.1, 0.15) is 17.3 Å². The Bertz CT molecular complexity index is 795. The van der Waals surface area contributed by atoms with Crippen molar-refractivity contribution < 1.29 is 14.1 Å². The molecule has 6 nitrogen and oxygen atoms in total. The normalized spacial score (nSPS) is 10.0. The van der Waals surface area contributed by atoms with Gasteiger partial charge in [0.05, 0.1) is 11.0 Å². The Morgan fingerprint density at radius 1 is 1.22 bits per heavy atom. The average Bonchev–Trinajstić information content (AvgIpc) is 2.49. The minimum absolute atomic E-state index is 0.0663. The van der Waals surface area contributed by atoms with E-state index in [-0.39, 0.29) is 16.6 Å². The molecule has 118 valence electrons. The quantitative estimate of drug-likeness (QED) is 0.384. The second kappa shape index (κ2) is 6.93. The number of hydrogen-bond acceptors (Lipinski definition) is 4. The fraction of sp³-hybridized carbons (Fsp3) is 0.0667. The summed E-state index contributed by atoms with van der Waals surface area (Å²) in [6, 6.07) is 9.77. The molecule has 2 N–H and O–H groups in total. The van der Waals surface area contributed by atoms with Crippen molar-refractivity contribution in [2.45, 2.75) is 6.92 Å². The monoisotopic (exact) mass is 333 g/mol. The lowest BCUT2D eigenvalue weighted by molar-refractivity contribution is -0.384. The highest BCUT2D eigenvalue weighted by molar-refractivity contribution is 7.80. The number of nitrogens with one attached hydrogen (secondary N) is 2. The molecule has 2 aromatic rings. The molecule has 0 atom stereocenters. The van der Waals surface area contributed by atoms with E-state index in [2.05, 4.69) is 10.6 Å². The van der Waals surface area contributed by atoms with Crippen LogP contribution >= 0.6 is 12.2 Å². The van der Waals surface area contributed by atoms with Crippen LogP contribution < -0.4 is 10.6 Å². The Balaban J connectivity index is 2.16. The zero-order valence-electron chi connectivity index (χ0n) is 12.0. The highest BCUT2D eigenvalue weighted by Gasteiger charge is 2.15. The minimum atomic E-state index is -0.713. The lowest BCUT2D eigenvalue weighted by atomic mass is 10.1. The van der Waals surface area contributed by atoms with Crippen molar-refractivity contribution in [3.63, 3.8) is 0 Å². The van der Waals surface area contributed by atoms with Gasteiger partial charge in [-0.2, -0.15) is 0 Å². The first-order chi connectivity index (χ1) is 10.9. The summed E-state index contributed by atoms with van der Waals surface area (Å²) in [6.07, 6.45) is 0. The number of carbonyl (C=O) groups is 1. The number of carbonyl (C=O) groups excluding carboxylic acids is 1. The van der Waals surface area contributed by atoms with Crippen LogP contribution in [0, 0.1) is 15.9 Å². The Morgan fingerprint density at radius 3 is 2.61 bits per heavy atom. The summed E-state index contributed by atoms with van der Waals surface area (Å²) in [7, 11) is 0. The van der Waals surface area contributed by atoms with Crippen LogP contribution in [0.5, 0.6) is 0 Å². The first kappa shape index (κ1) is 16.5. The summed E-state index contributed by atoms with van der Waals surface area (Å²) in [5.74, 6) is -0.808. The molecule has 0 spiro atoms. The van der Waals surface area contributed by atoms with Crippen molar-refractivity contribution >= 4 is 40.2 Å². The molecule has 0 aliphatic carbocycles. The maximum Gasteiger partial charge on any atom is 0.295 e. The van der Waals surface area contributed by atoms with Crippen molar-refractivity contribution in [1.82, 2.24) is 0 Å². The van der Waals surface area contributed by atoms with Gasteiger partial charge in [-0.15, -0.1) is 0 Å². The molecule has 0 amide bonds. The molecule has 0 aliphatic heterocycles. The Morgan fingerprint density at radius 2 is 1.96 bits per heavy atom. The zero-order chi connectivity index (χ0) is 17.0. The molecule has 0 saturated heterocycles. The van der Waals surface area contributed by atoms with Crippen LogP contribution in [-0.2, 0) is 0 Å². The third-order valence-corrected chi connectivity index (χ3v) is 3.14. The van der Waals surface area contributed by atoms with Crippen molar-refractivity contribution in [3.8, 4) is 0 Å². The summed E-state index contributed by atoms with van der Waals surface area (Å²) < 4.78 is 13.1. The van der Waals surface area contributed by atoms with Crippen LogP contribution in [0.25, 0.3) is 0 Å². The molecule has 8 heteroatoms. The number of thiocarbonyl (C=S) groups is 1. The topological polar surface area (TPSA) is 84.3 Å². The molecular formula is C15H12FN3O3S. The number of rotatable bonds is 4. The van der Waals surface area contributed by atoms with Gasteiger partial charge in [-0.25, -0.2) is 4.39 Å². The third kappa shape index (κ3) is 4.30. The van der Waals surface area contributed by atoms with Gasteiger partial charge in [-0.3, -0.25) is 14.9 Å². The molecule has 2 aromatic carbocycles. The van der Waals surface area contributed by atoms with Gasteiger partial charge in [0.15, 0.2) is 10.9 Å². The van der Waals surface area contributed by atoms with Gasteiger partial charge in [-0.05, 0) is 43.4 Å². The smallest absolute Gasteiger partial charge is 0.295 e. The second-order valence-electron chi connectivity index (χ2n) is 4.63. The van der Waals surface area contributed by atoms with E-state index in [4.69, 9.17) is 12.2 Å². The van der Waals surface area contributed by atoms with E-state index in [1.54, 1.807) is 24.3 Å². The number of nitrogens with zero attached hydrogens (tertiary/aromatic N) is 1. The summed E-state index contributed by atoms with van der Waals surface area (Å²) >= 11 is 5.08. The number of nitro benzene ring substituents is 1. The van der Waals surface area contributed by atoms with Crippen molar-refractivity contribution in [1.29, 1.82) is 0 Å². The van der Waals surface area contributed by atoms with Crippen molar-refractivity contribution in [2.75, 3.05) is 10.6 Å². The maximum atomic E-state index is 13.1. The van der Waals surface area contributed by atoms with E-state index in [0.29, 0.717) is 11.3 Å². The van der Waals surface area contributed by atoms with Crippen LogP contribution in [0.2, 0.25) is 0 Å². The number of Topliss-reactive ketones (excluding diaryl/α,β-unsaturated/α-hetero) is 1. The van der Waals surface area contributed by atoms with Gasteiger partial charge in [0, 0.05) is 11.3 Å². The number of hydrogen-bond donors (Lipinski definition) is 2. The molecule has 2 rings (SSSR count). The lowest BCUT2D eigenvalue weighted by Crippen LogP contribution is -2.20.